The summed E-state index contributed by atoms with van der Waals surface area (Å²) in [5.41, 5.74) is 0.845. The number of rotatable bonds is 6. The number of amides is 1. The van der Waals surface area contributed by atoms with Gasteiger partial charge >= 0.3 is 0 Å². The summed E-state index contributed by atoms with van der Waals surface area (Å²) < 4.78 is 6.29. The molecule has 1 aromatic rings. The standard InChI is InChI=1S/C15H21BrN2O2/c16-13-4-3-5-14(12-13)17-15(19)6-1-2-7-18-8-10-20-11-9-18/h3-5,12H,1-2,6-11H2,(H,17,19). The normalized spacial score (nSPS) is 16.1. The Bertz CT molecular complexity index is 434. The molecule has 0 atom stereocenters. The Kier molecular flexibility index (Phi) is 6.50. The highest BCUT2D eigenvalue weighted by molar-refractivity contribution is 9.10. The molecule has 1 amide bonds. The highest BCUT2D eigenvalue weighted by atomic mass is 79.9. The molecule has 1 aliphatic rings. The number of morpholine rings is 1. The molecule has 1 saturated heterocycles. The van der Waals surface area contributed by atoms with Gasteiger partial charge in [-0.1, -0.05) is 22.0 Å². The molecular weight excluding hydrogens is 320 g/mol. The molecule has 0 radical (unpaired) electrons. The molecule has 0 saturated carbocycles. The van der Waals surface area contributed by atoms with E-state index in [1.807, 2.05) is 24.3 Å². The molecular formula is C15H21BrN2O2. The van der Waals surface area contributed by atoms with Crippen LogP contribution in [0, 0.1) is 0 Å². The zero-order valence-electron chi connectivity index (χ0n) is 11.6. The van der Waals surface area contributed by atoms with Crippen molar-refractivity contribution in [3.05, 3.63) is 28.7 Å². The van der Waals surface area contributed by atoms with Gasteiger partial charge in [-0.2, -0.15) is 0 Å². The van der Waals surface area contributed by atoms with Crippen LogP contribution in [0.15, 0.2) is 28.7 Å². The van der Waals surface area contributed by atoms with Crippen LogP contribution in [-0.4, -0.2) is 43.7 Å². The summed E-state index contributed by atoms with van der Waals surface area (Å²) in [4.78, 5) is 14.2. The van der Waals surface area contributed by atoms with Gasteiger partial charge in [-0.05, 0) is 37.6 Å². The molecule has 0 aromatic heterocycles. The van der Waals surface area contributed by atoms with Crippen molar-refractivity contribution in [3.63, 3.8) is 0 Å². The third-order valence-corrected chi connectivity index (χ3v) is 3.83. The topological polar surface area (TPSA) is 41.6 Å². The maximum atomic E-state index is 11.8. The van der Waals surface area contributed by atoms with Gasteiger partial charge in [0.2, 0.25) is 5.91 Å². The summed E-state index contributed by atoms with van der Waals surface area (Å²) in [7, 11) is 0. The van der Waals surface area contributed by atoms with E-state index >= 15 is 0 Å². The number of ether oxygens (including phenoxy) is 1. The predicted octanol–water partition coefficient (Wildman–Crippen LogP) is 2.89. The van der Waals surface area contributed by atoms with Gasteiger partial charge in [0.25, 0.3) is 0 Å². The maximum Gasteiger partial charge on any atom is 0.224 e. The SMILES string of the molecule is O=C(CCCCN1CCOCC1)Nc1cccc(Br)c1. The number of hydrogen-bond acceptors (Lipinski definition) is 3. The number of benzene rings is 1. The number of anilines is 1. The Morgan fingerprint density at radius 2 is 2.10 bits per heavy atom. The Labute approximate surface area is 128 Å². The van der Waals surface area contributed by atoms with Gasteiger partial charge in [-0.15, -0.1) is 0 Å². The summed E-state index contributed by atoms with van der Waals surface area (Å²) in [6, 6.07) is 7.66. The van der Waals surface area contributed by atoms with Gasteiger partial charge in [0.05, 0.1) is 13.2 Å². The second-order valence-electron chi connectivity index (χ2n) is 4.97. The summed E-state index contributed by atoms with van der Waals surface area (Å²) in [6.45, 7) is 4.77. The van der Waals surface area contributed by atoms with Crippen LogP contribution >= 0.6 is 15.9 Å². The number of unbranched alkanes of at least 4 members (excludes halogenated alkanes) is 1. The van der Waals surface area contributed by atoms with Gasteiger partial charge in [-0.25, -0.2) is 0 Å². The first kappa shape index (κ1) is 15.5. The van der Waals surface area contributed by atoms with Crippen LogP contribution in [0.1, 0.15) is 19.3 Å². The fourth-order valence-electron chi connectivity index (χ4n) is 2.24. The summed E-state index contributed by atoms with van der Waals surface area (Å²) in [5, 5.41) is 2.92. The Hall–Kier alpha value is -0.910. The molecule has 0 aliphatic carbocycles. The predicted molar refractivity (Wildman–Crippen MR) is 83.9 cm³/mol. The maximum absolute atomic E-state index is 11.8. The van der Waals surface area contributed by atoms with E-state index in [1.54, 1.807) is 0 Å². The van der Waals surface area contributed by atoms with Crippen molar-refractivity contribution >= 4 is 27.5 Å². The molecule has 5 heteroatoms. The fraction of sp³-hybridized carbons (Fsp3) is 0.533. The van der Waals surface area contributed by atoms with Crippen LogP contribution < -0.4 is 5.32 Å². The largest absolute Gasteiger partial charge is 0.379 e. The van der Waals surface area contributed by atoms with Crippen molar-refractivity contribution < 1.29 is 9.53 Å². The van der Waals surface area contributed by atoms with Gasteiger partial charge in [0.15, 0.2) is 0 Å². The van der Waals surface area contributed by atoms with Crippen molar-refractivity contribution in [2.45, 2.75) is 19.3 Å². The number of hydrogen-bond donors (Lipinski definition) is 1. The van der Waals surface area contributed by atoms with E-state index in [1.165, 1.54) is 0 Å². The minimum absolute atomic E-state index is 0.0880. The smallest absolute Gasteiger partial charge is 0.224 e. The molecule has 1 aromatic carbocycles. The minimum Gasteiger partial charge on any atom is -0.379 e. The number of nitrogens with one attached hydrogen (secondary N) is 1. The molecule has 1 aliphatic heterocycles. The van der Waals surface area contributed by atoms with E-state index in [0.717, 1.165) is 55.8 Å². The number of carbonyl (C=O) groups excluding carboxylic acids is 1. The van der Waals surface area contributed by atoms with Crippen LogP contribution in [0.4, 0.5) is 5.69 Å². The number of nitrogens with zero attached hydrogens (tertiary/aromatic N) is 1. The summed E-state index contributed by atoms with van der Waals surface area (Å²) >= 11 is 3.39. The summed E-state index contributed by atoms with van der Waals surface area (Å²) in [5.74, 6) is 0.0880. The van der Waals surface area contributed by atoms with Crippen molar-refractivity contribution in [2.75, 3.05) is 38.2 Å². The highest BCUT2D eigenvalue weighted by Crippen LogP contribution is 2.16. The fourth-order valence-corrected chi connectivity index (χ4v) is 2.63. The van der Waals surface area contributed by atoms with E-state index in [0.29, 0.717) is 6.42 Å². The van der Waals surface area contributed by atoms with Crippen LogP contribution in [0.2, 0.25) is 0 Å². The minimum atomic E-state index is 0.0880. The third kappa shape index (κ3) is 5.61. The number of halogens is 1. The van der Waals surface area contributed by atoms with Crippen LogP contribution in [-0.2, 0) is 9.53 Å². The van der Waals surface area contributed by atoms with Crippen molar-refractivity contribution in [1.82, 2.24) is 4.90 Å². The van der Waals surface area contributed by atoms with Crippen molar-refractivity contribution in [3.8, 4) is 0 Å². The van der Waals surface area contributed by atoms with E-state index in [-0.39, 0.29) is 5.91 Å². The zero-order chi connectivity index (χ0) is 14.2. The van der Waals surface area contributed by atoms with E-state index in [4.69, 9.17) is 4.74 Å². The lowest BCUT2D eigenvalue weighted by Gasteiger charge is -2.26. The lowest BCUT2D eigenvalue weighted by Crippen LogP contribution is -2.36. The molecule has 1 N–H and O–H groups in total. The van der Waals surface area contributed by atoms with E-state index in [2.05, 4.69) is 26.1 Å². The lowest BCUT2D eigenvalue weighted by molar-refractivity contribution is -0.116. The molecule has 1 heterocycles. The molecule has 0 spiro atoms. The van der Waals surface area contributed by atoms with Gasteiger partial charge in [0.1, 0.15) is 0 Å². The van der Waals surface area contributed by atoms with Crippen LogP contribution in [0.25, 0.3) is 0 Å². The van der Waals surface area contributed by atoms with E-state index < -0.39 is 0 Å². The third-order valence-electron chi connectivity index (χ3n) is 3.34. The zero-order valence-corrected chi connectivity index (χ0v) is 13.2. The monoisotopic (exact) mass is 340 g/mol. The van der Waals surface area contributed by atoms with Gasteiger partial charge in [-0.3, -0.25) is 9.69 Å². The molecule has 1 fully saturated rings. The second kappa shape index (κ2) is 8.39. The quantitative estimate of drug-likeness (QED) is 0.809. The van der Waals surface area contributed by atoms with Crippen LogP contribution in [0.5, 0.6) is 0 Å². The van der Waals surface area contributed by atoms with Crippen molar-refractivity contribution in [2.24, 2.45) is 0 Å². The van der Waals surface area contributed by atoms with Crippen LogP contribution in [0.3, 0.4) is 0 Å². The lowest BCUT2D eigenvalue weighted by atomic mass is 10.2. The molecule has 20 heavy (non-hydrogen) atoms. The molecule has 4 nitrogen and oxygen atoms in total. The molecule has 110 valence electrons. The summed E-state index contributed by atoms with van der Waals surface area (Å²) in [6.07, 6.45) is 2.57. The highest BCUT2D eigenvalue weighted by Gasteiger charge is 2.09. The van der Waals surface area contributed by atoms with E-state index in [9.17, 15) is 4.79 Å². The number of carbonyl (C=O) groups is 1. The van der Waals surface area contributed by atoms with Crippen molar-refractivity contribution in [1.29, 1.82) is 0 Å². The first-order valence-electron chi connectivity index (χ1n) is 7.09. The molecule has 0 unspecified atom stereocenters. The molecule has 0 bridgehead atoms. The first-order valence-corrected chi connectivity index (χ1v) is 7.89. The molecule has 2 rings (SSSR count). The average Bonchev–Trinajstić information content (AvgIpc) is 2.45. The Morgan fingerprint density at radius 3 is 2.85 bits per heavy atom. The van der Waals surface area contributed by atoms with Gasteiger partial charge < -0.3 is 10.1 Å². The second-order valence-corrected chi connectivity index (χ2v) is 5.89. The Balaban J connectivity index is 1.60. The van der Waals surface area contributed by atoms with Gasteiger partial charge in [0, 0.05) is 29.7 Å². The first-order chi connectivity index (χ1) is 9.74. The average molecular weight is 341 g/mol. The Morgan fingerprint density at radius 1 is 1.30 bits per heavy atom.